The molecular weight excluding hydrogens is 240 g/mol. The number of hydrogen-bond acceptors (Lipinski definition) is 0. The Morgan fingerprint density at radius 1 is 1.25 bits per heavy atom. The molecule has 0 bridgehead atoms. The second-order valence-corrected chi connectivity index (χ2v) is 7.24. The molecule has 2 atom stereocenters. The van der Waals surface area contributed by atoms with Crippen molar-refractivity contribution in [1.29, 1.82) is 0 Å². The quantitative estimate of drug-likeness (QED) is 0.473. The Morgan fingerprint density at radius 3 is 2.55 bits per heavy atom. The minimum absolute atomic E-state index is 0.715. The van der Waals surface area contributed by atoms with Crippen LogP contribution in [0.3, 0.4) is 0 Å². The molecule has 0 heteroatoms. The molecule has 1 aliphatic carbocycles. The summed E-state index contributed by atoms with van der Waals surface area (Å²) >= 11 is 0. The first kappa shape index (κ1) is 17.3. The fourth-order valence-corrected chi connectivity index (χ4v) is 3.20. The molecule has 0 fully saturated rings. The van der Waals surface area contributed by atoms with E-state index < -0.39 is 0 Å². The monoisotopic (exact) mass is 274 g/mol. The van der Waals surface area contributed by atoms with Gasteiger partial charge >= 0.3 is 0 Å². The molecule has 0 aromatic carbocycles. The SMILES string of the molecule is CC(C)=CCC/C(C)=C/CC1CC(C)CC=C1C(C)C. The van der Waals surface area contributed by atoms with E-state index in [1.807, 2.05) is 0 Å². The van der Waals surface area contributed by atoms with Gasteiger partial charge in [0.25, 0.3) is 0 Å². The van der Waals surface area contributed by atoms with E-state index in [9.17, 15) is 0 Å². The van der Waals surface area contributed by atoms with E-state index in [0.717, 1.165) is 11.8 Å². The zero-order chi connectivity index (χ0) is 15.1. The third-order valence-electron chi connectivity index (χ3n) is 4.42. The van der Waals surface area contributed by atoms with Crippen LogP contribution in [0.15, 0.2) is 34.9 Å². The van der Waals surface area contributed by atoms with Gasteiger partial charge < -0.3 is 0 Å². The largest absolute Gasteiger partial charge is 0.0856 e. The fraction of sp³-hybridized carbons (Fsp3) is 0.700. The second-order valence-electron chi connectivity index (χ2n) is 7.24. The lowest BCUT2D eigenvalue weighted by Gasteiger charge is -2.30. The first-order valence-electron chi connectivity index (χ1n) is 8.39. The standard InChI is InChI=1S/C20H34/c1-15(2)8-7-9-17(5)10-12-19-14-18(6)11-13-20(19)16(3)4/h8,10,13,16,18-19H,7,9,11-12,14H2,1-6H3/b17-10+. The molecule has 1 aliphatic rings. The number of rotatable bonds is 6. The van der Waals surface area contributed by atoms with E-state index >= 15 is 0 Å². The topological polar surface area (TPSA) is 0 Å². The van der Waals surface area contributed by atoms with Gasteiger partial charge in [-0.05, 0) is 70.6 Å². The molecule has 0 amide bonds. The van der Waals surface area contributed by atoms with Gasteiger partial charge in [0, 0.05) is 0 Å². The Morgan fingerprint density at radius 2 is 1.95 bits per heavy atom. The van der Waals surface area contributed by atoms with Gasteiger partial charge in [0.15, 0.2) is 0 Å². The first-order chi connectivity index (χ1) is 9.40. The van der Waals surface area contributed by atoms with Gasteiger partial charge in [0.05, 0.1) is 0 Å². The third-order valence-corrected chi connectivity index (χ3v) is 4.42. The molecule has 0 spiro atoms. The Labute approximate surface area is 127 Å². The molecule has 0 saturated heterocycles. The van der Waals surface area contributed by atoms with Crippen LogP contribution in [-0.2, 0) is 0 Å². The molecule has 0 aliphatic heterocycles. The lowest BCUT2D eigenvalue weighted by Crippen LogP contribution is -2.17. The Kier molecular flexibility index (Phi) is 7.34. The van der Waals surface area contributed by atoms with Crippen LogP contribution in [0, 0.1) is 17.8 Å². The Bertz CT molecular complexity index is 375. The highest BCUT2D eigenvalue weighted by Crippen LogP contribution is 2.35. The molecule has 0 heterocycles. The summed E-state index contributed by atoms with van der Waals surface area (Å²) in [7, 11) is 0. The van der Waals surface area contributed by atoms with Crippen molar-refractivity contribution in [2.45, 2.75) is 73.6 Å². The normalized spacial score (nSPS) is 23.8. The molecule has 0 radical (unpaired) electrons. The average Bonchev–Trinajstić information content (AvgIpc) is 2.35. The summed E-state index contributed by atoms with van der Waals surface area (Å²) in [5.41, 5.74) is 4.70. The zero-order valence-electron chi connectivity index (χ0n) is 14.5. The van der Waals surface area contributed by atoms with Crippen LogP contribution in [0.5, 0.6) is 0 Å². The lowest BCUT2D eigenvalue weighted by molar-refractivity contribution is 0.384. The van der Waals surface area contributed by atoms with Gasteiger partial charge in [-0.2, -0.15) is 0 Å². The van der Waals surface area contributed by atoms with Crippen molar-refractivity contribution < 1.29 is 0 Å². The minimum Gasteiger partial charge on any atom is -0.0856 e. The van der Waals surface area contributed by atoms with E-state index in [0.29, 0.717) is 5.92 Å². The van der Waals surface area contributed by atoms with Crippen LogP contribution < -0.4 is 0 Å². The highest BCUT2D eigenvalue weighted by molar-refractivity contribution is 5.15. The molecule has 114 valence electrons. The van der Waals surface area contributed by atoms with Crippen molar-refractivity contribution in [3.8, 4) is 0 Å². The van der Waals surface area contributed by atoms with Crippen LogP contribution in [0.1, 0.15) is 73.6 Å². The summed E-state index contributed by atoms with van der Waals surface area (Å²) in [6, 6.07) is 0. The van der Waals surface area contributed by atoms with E-state index in [-0.39, 0.29) is 0 Å². The van der Waals surface area contributed by atoms with Gasteiger partial charge in [-0.15, -0.1) is 0 Å². The second kappa shape index (κ2) is 8.49. The molecule has 0 nitrogen and oxygen atoms in total. The third kappa shape index (κ3) is 6.11. The van der Waals surface area contributed by atoms with Crippen LogP contribution in [0.25, 0.3) is 0 Å². The molecule has 2 unspecified atom stereocenters. The molecule has 1 rings (SSSR count). The van der Waals surface area contributed by atoms with Crippen LogP contribution in [0.2, 0.25) is 0 Å². The molecule has 0 saturated carbocycles. The predicted molar refractivity (Wildman–Crippen MR) is 91.8 cm³/mol. The molecule has 0 aromatic heterocycles. The van der Waals surface area contributed by atoms with Crippen molar-refractivity contribution in [2.75, 3.05) is 0 Å². The predicted octanol–water partition coefficient (Wildman–Crippen LogP) is 6.70. The van der Waals surface area contributed by atoms with Crippen molar-refractivity contribution in [3.63, 3.8) is 0 Å². The van der Waals surface area contributed by atoms with Crippen molar-refractivity contribution in [2.24, 2.45) is 17.8 Å². The fourth-order valence-electron chi connectivity index (χ4n) is 3.20. The van der Waals surface area contributed by atoms with Crippen molar-refractivity contribution in [1.82, 2.24) is 0 Å². The van der Waals surface area contributed by atoms with Crippen LogP contribution in [0.4, 0.5) is 0 Å². The maximum absolute atomic E-state index is 2.52. The van der Waals surface area contributed by atoms with E-state index in [2.05, 4.69) is 59.8 Å². The van der Waals surface area contributed by atoms with Gasteiger partial charge in [-0.25, -0.2) is 0 Å². The molecule has 0 N–H and O–H groups in total. The summed E-state index contributed by atoms with van der Waals surface area (Å²) in [4.78, 5) is 0. The zero-order valence-corrected chi connectivity index (χ0v) is 14.5. The maximum Gasteiger partial charge on any atom is -0.0163 e. The number of allylic oxidation sites excluding steroid dienone is 6. The average molecular weight is 274 g/mol. The van der Waals surface area contributed by atoms with Crippen molar-refractivity contribution >= 4 is 0 Å². The summed E-state index contributed by atoms with van der Waals surface area (Å²) in [6.45, 7) is 13.8. The lowest BCUT2D eigenvalue weighted by atomic mass is 9.76. The van der Waals surface area contributed by atoms with Crippen LogP contribution in [-0.4, -0.2) is 0 Å². The van der Waals surface area contributed by atoms with E-state index in [1.165, 1.54) is 37.7 Å². The van der Waals surface area contributed by atoms with Crippen LogP contribution >= 0.6 is 0 Å². The van der Waals surface area contributed by atoms with Gasteiger partial charge in [0.1, 0.15) is 0 Å². The Hall–Kier alpha value is -0.780. The Balaban J connectivity index is 2.55. The summed E-state index contributed by atoms with van der Waals surface area (Å²) < 4.78 is 0. The van der Waals surface area contributed by atoms with Gasteiger partial charge in [-0.3, -0.25) is 0 Å². The molecule has 20 heavy (non-hydrogen) atoms. The van der Waals surface area contributed by atoms with E-state index in [4.69, 9.17) is 0 Å². The summed E-state index contributed by atoms with van der Waals surface area (Å²) in [5, 5.41) is 0. The number of hydrogen-bond donors (Lipinski definition) is 0. The maximum atomic E-state index is 2.52. The van der Waals surface area contributed by atoms with Gasteiger partial charge in [0.2, 0.25) is 0 Å². The highest BCUT2D eigenvalue weighted by Gasteiger charge is 2.22. The minimum atomic E-state index is 0.715. The summed E-state index contributed by atoms with van der Waals surface area (Å²) in [5.74, 6) is 2.37. The molecular formula is C20H34. The van der Waals surface area contributed by atoms with Crippen molar-refractivity contribution in [3.05, 3.63) is 34.9 Å². The highest BCUT2D eigenvalue weighted by atomic mass is 14.3. The first-order valence-corrected chi connectivity index (χ1v) is 8.39. The smallest absolute Gasteiger partial charge is 0.0163 e. The molecule has 0 aromatic rings. The summed E-state index contributed by atoms with van der Waals surface area (Å²) in [6.07, 6.45) is 13.7. The van der Waals surface area contributed by atoms with Gasteiger partial charge in [-0.1, -0.05) is 55.7 Å². The van der Waals surface area contributed by atoms with E-state index in [1.54, 1.807) is 11.1 Å².